The summed E-state index contributed by atoms with van der Waals surface area (Å²) >= 11 is 0. The Kier molecular flexibility index (Phi) is 5.43. The van der Waals surface area contributed by atoms with Crippen molar-refractivity contribution < 1.29 is 8.42 Å². The molecule has 1 unspecified atom stereocenters. The first-order valence-corrected chi connectivity index (χ1v) is 9.49. The molecule has 0 fully saturated rings. The number of rotatable bonds is 6. The van der Waals surface area contributed by atoms with Crippen LogP contribution in [0.4, 0.5) is 0 Å². The van der Waals surface area contributed by atoms with E-state index in [0.29, 0.717) is 0 Å². The minimum Gasteiger partial charge on any atom is -0.207 e. The summed E-state index contributed by atoms with van der Waals surface area (Å²) < 4.78 is 28.1. The van der Waals surface area contributed by atoms with E-state index in [-0.39, 0.29) is 4.90 Å². The molecule has 0 aliphatic heterocycles. The highest BCUT2D eigenvalue weighted by atomic mass is 32.2. The van der Waals surface area contributed by atoms with Gasteiger partial charge >= 0.3 is 0 Å². The van der Waals surface area contributed by atoms with Gasteiger partial charge in [0.15, 0.2) is 0 Å². The molecule has 0 aliphatic rings. The Labute approximate surface area is 148 Å². The lowest BCUT2D eigenvalue weighted by Gasteiger charge is -2.16. The summed E-state index contributed by atoms with van der Waals surface area (Å²) in [6.07, 6.45) is 3.79. The van der Waals surface area contributed by atoms with Gasteiger partial charge in [0.25, 0.3) is 0 Å². The van der Waals surface area contributed by atoms with E-state index in [0.717, 1.165) is 11.1 Å². The third kappa shape index (κ3) is 4.66. The molecular weight excluding hydrogens is 330 g/mol. The largest absolute Gasteiger partial charge is 0.241 e. The van der Waals surface area contributed by atoms with E-state index in [4.69, 9.17) is 0 Å². The van der Waals surface area contributed by atoms with Gasteiger partial charge in [-0.1, -0.05) is 91.0 Å². The van der Waals surface area contributed by atoms with E-state index >= 15 is 0 Å². The highest BCUT2D eigenvalue weighted by molar-refractivity contribution is 7.89. The molecule has 0 saturated carbocycles. The molecule has 0 aliphatic carbocycles. The molecule has 0 bridgehead atoms. The summed E-state index contributed by atoms with van der Waals surface area (Å²) in [5, 5.41) is 0. The Balaban J connectivity index is 1.91. The Hall–Kier alpha value is -2.69. The summed E-state index contributed by atoms with van der Waals surface area (Å²) in [6.45, 7) is 0. The third-order valence-corrected chi connectivity index (χ3v) is 5.23. The first-order valence-electron chi connectivity index (χ1n) is 8.01. The topological polar surface area (TPSA) is 46.2 Å². The maximum atomic E-state index is 12.7. The van der Waals surface area contributed by atoms with Crippen LogP contribution in [0.25, 0.3) is 6.08 Å². The van der Waals surface area contributed by atoms with Crippen molar-refractivity contribution in [3.63, 3.8) is 0 Å². The van der Waals surface area contributed by atoms with Gasteiger partial charge in [-0.25, -0.2) is 8.42 Å². The Morgan fingerprint density at radius 3 is 1.84 bits per heavy atom. The van der Waals surface area contributed by atoms with E-state index in [1.165, 1.54) is 0 Å². The van der Waals surface area contributed by atoms with Gasteiger partial charge in [-0.3, -0.25) is 0 Å². The van der Waals surface area contributed by atoms with Crippen LogP contribution in [-0.2, 0) is 10.0 Å². The van der Waals surface area contributed by atoms with Gasteiger partial charge in [0.1, 0.15) is 0 Å². The lowest BCUT2D eigenvalue weighted by Crippen LogP contribution is -2.27. The van der Waals surface area contributed by atoms with Crippen LogP contribution in [0.15, 0.2) is 102 Å². The first-order chi connectivity index (χ1) is 12.1. The van der Waals surface area contributed by atoms with E-state index < -0.39 is 16.1 Å². The van der Waals surface area contributed by atoms with Crippen LogP contribution in [0.5, 0.6) is 0 Å². The number of nitrogens with one attached hydrogen (secondary N) is 1. The van der Waals surface area contributed by atoms with Crippen molar-refractivity contribution in [3.05, 3.63) is 108 Å². The van der Waals surface area contributed by atoms with Crippen LogP contribution in [0.2, 0.25) is 0 Å². The summed E-state index contributed by atoms with van der Waals surface area (Å²) in [4.78, 5) is 0.254. The average Bonchev–Trinajstić information content (AvgIpc) is 2.67. The monoisotopic (exact) mass is 349 g/mol. The quantitative estimate of drug-likeness (QED) is 0.716. The van der Waals surface area contributed by atoms with Crippen LogP contribution >= 0.6 is 0 Å². The number of sulfonamides is 1. The lowest BCUT2D eigenvalue weighted by molar-refractivity contribution is 0.574. The molecule has 4 heteroatoms. The predicted molar refractivity (Wildman–Crippen MR) is 101 cm³/mol. The normalized spacial score (nSPS) is 13.0. The van der Waals surface area contributed by atoms with Crippen molar-refractivity contribution in [2.24, 2.45) is 0 Å². The lowest BCUT2D eigenvalue weighted by atomic mass is 10.1. The predicted octanol–water partition coefficient (Wildman–Crippen LogP) is 4.42. The van der Waals surface area contributed by atoms with E-state index in [1.54, 1.807) is 30.3 Å². The summed E-state index contributed by atoms with van der Waals surface area (Å²) in [5.74, 6) is 0. The minimum absolute atomic E-state index is 0.254. The Bertz CT molecular complexity index is 921. The smallest absolute Gasteiger partial charge is 0.207 e. The fourth-order valence-corrected chi connectivity index (χ4v) is 3.69. The highest BCUT2D eigenvalue weighted by Crippen LogP contribution is 2.19. The molecule has 0 radical (unpaired) electrons. The fraction of sp³-hybridized carbons (Fsp3) is 0.0476. The second-order valence-electron chi connectivity index (χ2n) is 5.59. The average molecular weight is 349 g/mol. The molecule has 0 aromatic heterocycles. The SMILES string of the molecule is O=S(=O)(NC(/C=C/c1ccccc1)c1ccccc1)c1ccccc1. The van der Waals surface area contributed by atoms with Crippen molar-refractivity contribution in [1.82, 2.24) is 4.72 Å². The second kappa shape index (κ2) is 7.92. The zero-order valence-electron chi connectivity index (χ0n) is 13.6. The molecule has 1 N–H and O–H groups in total. The summed E-state index contributed by atoms with van der Waals surface area (Å²) in [5.41, 5.74) is 1.90. The molecule has 126 valence electrons. The van der Waals surface area contributed by atoms with Gasteiger partial charge in [-0.05, 0) is 23.3 Å². The molecule has 0 heterocycles. The molecule has 3 aromatic rings. The molecule has 0 saturated heterocycles. The van der Waals surface area contributed by atoms with Gasteiger partial charge in [-0.2, -0.15) is 4.72 Å². The maximum absolute atomic E-state index is 12.7. The van der Waals surface area contributed by atoms with Crippen LogP contribution < -0.4 is 4.72 Å². The molecule has 3 nitrogen and oxygen atoms in total. The van der Waals surface area contributed by atoms with Gasteiger partial charge in [0, 0.05) is 0 Å². The fourth-order valence-electron chi connectivity index (χ4n) is 2.49. The second-order valence-corrected chi connectivity index (χ2v) is 7.31. The van der Waals surface area contributed by atoms with E-state index in [2.05, 4.69) is 4.72 Å². The summed E-state index contributed by atoms with van der Waals surface area (Å²) in [7, 11) is -3.61. The van der Waals surface area contributed by atoms with E-state index in [9.17, 15) is 8.42 Å². The van der Waals surface area contributed by atoms with Gasteiger partial charge in [-0.15, -0.1) is 0 Å². The van der Waals surface area contributed by atoms with Gasteiger partial charge < -0.3 is 0 Å². The summed E-state index contributed by atoms with van der Waals surface area (Å²) in [6, 6.07) is 27.3. The Morgan fingerprint density at radius 2 is 1.24 bits per heavy atom. The number of hydrogen-bond acceptors (Lipinski definition) is 2. The third-order valence-electron chi connectivity index (χ3n) is 3.78. The molecule has 0 spiro atoms. The van der Waals surface area contributed by atoms with Crippen LogP contribution in [0.3, 0.4) is 0 Å². The molecule has 3 aromatic carbocycles. The zero-order chi connectivity index (χ0) is 17.5. The maximum Gasteiger partial charge on any atom is 0.241 e. The van der Waals surface area contributed by atoms with Gasteiger partial charge in [0.2, 0.25) is 10.0 Å². The molecule has 25 heavy (non-hydrogen) atoms. The van der Waals surface area contributed by atoms with Crippen molar-refractivity contribution in [1.29, 1.82) is 0 Å². The minimum atomic E-state index is -3.61. The van der Waals surface area contributed by atoms with E-state index in [1.807, 2.05) is 72.8 Å². The highest BCUT2D eigenvalue weighted by Gasteiger charge is 2.19. The molecule has 0 amide bonds. The molecule has 1 atom stereocenters. The standard InChI is InChI=1S/C21H19NO2S/c23-25(24,20-14-8-3-9-15-20)22-21(19-12-6-2-7-13-19)17-16-18-10-4-1-5-11-18/h1-17,21-22H/b17-16+. The van der Waals surface area contributed by atoms with Crippen LogP contribution in [0, 0.1) is 0 Å². The number of benzene rings is 3. The van der Waals surface area contributed by atoms with Crippen molar-refractivity contribution in [2.75, 3.05) is 0 Å². The number of hydrogen-bond donors (Lipinski definition) is 1. The van der Waals surface area contributed by atoms with Crippen molar-refractivity contribution in [2.45, 2.75) is 10.9 Å². The first kappa shape index (κ1) is 17.1. The van der Waals surface area contributed by atoms with Crippen LogP contribution in [-0.4, -0.2) is 8.42 Å². The zero-order valence-corrected chi connectivity index (χ0v) is 14.4. The van der Waals surface area contributed by atoms with Crippen molar-refractivity contribution >= 4 is 16.1 Å². The molecule has 3 rings (SSSR count). The molecular formula is C21H19NO2S. The Morgan fingerprint density at radius 1 is 0.720 bits per heavy atom. The van der Waals surface area contributed by atoms with Crippen molar-refractivity contribution in [3.8, 4) is 0 Å². The van der Waals surface area contributed by atoms with Crippen LogP contribution in [0.1, 0.15) is 17.2 Å². The van der Waals surface area contributed by atoms with Gasteiger partial charge in [0.05, 0.1) is 10.9 Å².